The lowest BCUT2D eigenvalue weighted by atomic mass is 10.0. The Labute approximate surface area is 136 Å². The molecule has 1 unspecified atom stereocenters. The number of hydrogen-bond acceptors (Lipinski definition) is 5. The van der Waals surface area contributed by atoms with Crippen LogP contribution in [0, 0.1) is 0 Å². The highest BCUT2D eigenvalue weighted by atomic mass is 16.5. The first kappa shape index (κ1) is 17.1. The Morgan fingerprint density at radius 1 is 1.13 bits per heavy atom. The van der Waals surface area contributed by atoms with E-state index >= 15 is 0 Å². The molecule has 0 aromatic heterocycles. The van der Waals surface area contributed by atoms with Crippen molar-refractivity contribution in [1.29, 1.82) is 0 Å². The summed E-state index contributed by atoms with van der Waals surface area (Å²) >= 11 is 0. The van der Waals surface area contributed by atoms with Gasteiger partial charge in [0.15, 0.2) is 11.5 Å². The quantitative estimate of drug-likeness (QED) is 0.774. The van der Waals surface area contributed by atoms with Crippen molar-refractivity contribution in [2.24, 2.45) is 0 Å². The van der Waals surface area contributed by atoms with E-state index in [4.69, 9.17) is 14.2 Å². The van der Waals surface area contributed by atoms with E-state index in [1.54, 1.807) is 31.3 Å². The zero-order chi connectivity index (χ0) is 16.8. The zero-order valence-corrected chi connectivity index (χ0v) is 13.8. The van der Waals surface area contributed by atoms with Crippen LogP contribution >= 0.6 is 0 Å². The highest BCUT2D eigenvalue weighted by molar-refractivity contribution is 5.86. The summed E-state index contributed by atoms with van der Waals surface area (Å²) in [7, 11) is 4.48. The number of esters is 1. The molecule has 0 radical (unpaired) electrons. The van der Waals surface area contributed by atoms with E-state index in [9.17, 15) is 9.59 Å². The third-order valence-corrected chi connectivity index (χ3v) is 4.10. The van der Waals surface area contributed by atoms with E-state index < -0.39 is 6.04 Å². The highest BCUT2D eigenvalue weighted by Gasteiger charge is 2.32. The van der Waals surface area contributed by atoms with Crippen molar-refractivity contribution >= 4 is 11.9 Å². The van der Waals surface area contributed by atoms with Crippen LogP contribution in [0.15, 0.2) is 18.2 Å². The second-order valence-electron chi connectivity index (χ2n) is 5.49. The summed E-state index contributed by atoms with van der Waals surface area (Å²) in [4.78, 5) is 26.1. The van der Waals surface area contributed by atoms with Crippen LogP contribution in [0.4, 0.5) is 0 Å². The molecule has 23 heavy (non-hydrogen) atoms. The maximum atomic E-state index is 12.6. The summed E-state index contributed by atoms with van der Waals surface area (Å²) in [6.07, 6.45) is 2.71. The first-order valence-electron chi connectivity index (χ1n) is 7.69. The number of ether oxygens (including phenoxy) is 3. The van der Waals surface area contributed by atoms with Gasteiger partial charge in [0, 0.05) is 6.54 Å². The van der Waals surface area contributed by atoms with Gasteiger partial charge in [0.1, 0.15) is 6.04 Å². The molecule has 0 N–H and O–H groups in total. The minimum absolute atomic E-state index is 0.0766. The molecule has 1 aromatic rings. The number of methoxy groups -OCH3 is 3. The monoisotopic (exact) mass is 321 g/mol. The molecule has 1 amide bonds. The average molecular weight is 321 g/mol. The van der Waals surface area contributed by atoms with Crippen LogP contribution in [-0.4, -0.2) is 50.7 Å². The Hall–Kier alpha value is -2.24. The van der Waals surface area contributed by atoms with Gasteiger partial charge in [-0.2, -0.15) is 0 Å². The predicted octanol–water partition coefficient (Wildman–Crippen LogP) is 1.80. The molecule has 0 spiro atoms. The molecule has 1 heterocycles. The SMILES string of the molecule is COC(=O)C1CCCCN1C(=O)Cc1ccc(OC)c(OC)c1. The van der Waals surface area contributed by atoms with Gasteiger partial charge < -0.3 is 19.1 Å². The number of carbonyl (C=O) groups is 2. The molecule has 126 valence electrons. The Morgan fingerprint density at radius 2 is 1.87 bits per heavy atom. The van der Waals surface area contributed by atoms with Gasteiger partial charge in [-0.05, 0) is 37.0 Å². The summed E-state index contributed by atoms with van der Waals surface area (Å²) in [6, 6.07) is 4.92. The lowest BCUT2D eigenvalue weighted by molar-refractivity contribution is -0.154. The fourth-order valence-corrected chi connectivity index (χ4v) is 2.88. The fourth-order valence-electron chi connectivity index (χ4n) is 2.88. The summed E-state index contributed by atoms with van der Waals surface area (Å²) in [5.74, 6) is 0.785. The van der Waals surface area contributed by atoms with Crippen molar-refractivity contribution in [3.05, 3.63) is 23.8 Å². The average Bonchev–Trinajstić information content (AvgIpc) is 2.60. The van der Waals surface area contributed by atoms with E-state index in [0.29, 0.717) is 24.5 Å². The topological polar surface area (TPSA) is 65.1 Å². The Morgan fingerprint density at radius 3 is 2.52 bits per heavy atom. The molecular weight excluding hydrogens is 298 g/mol. The molecular formula is C17H23NO5. The van der Waals surface area contributed by atoms with Crippen LogP contribution < -0.4 is 9.47 Å². The van der Waals surface area contributed by atoms with Gasteiger partial charge >= 0.3 is 5.97 Å². The van der Waals surface area contributed by atoms with Gasteiger partial charge in [0.25, 0.3) is 0 Å². The van der Waals surface area contributed by atoms with E-state index in [2.05, 4.69) is 0 Å². The van der Waals surface area contributed by atoms with Crippen molar-refractivity contribution in [3.63, 3.8) is 0 Å². The van der Waals surface area contributed by atoms with Crippen molar-refractivity contribution in [1.82, 2.24) is 4.90 Å². The summed E-state index contributed by atoms with van der Waals surface area (Å²) < 4.78 is 15.3. The predicted molar refractivity (Wildman–Crippen MR) is 84.6 cm³/mol. The number of rotatable bonds is 5. The molecule has 1 aromatic carbocycles. The molecule has 0 saturated carbocycles. The number of piperidine rings is 1. The molecule has 6 nitrogen and oxygen atoms in total. The van der Waals surface area contributed by atoms with E-state index in [-0.39, 0.29) is 18.3 Å². The number of likely N-dealkylation sites (tertiary alicyclic amines) is 1. The first-order chi connectivity index (χ1) is 11.1. The Kier molecular flexibility index (Phi) is 5.84. The second-order valence-corrected chi connectivity index (χ2v) is 5.49. The van der Waals surface area contributed by atoms with Gasteiger partial charge in [-0.25, -0.2) is 4.79 Å². The third-order valence-electron chi connectivity index (χ3n) is 4.10. The van der Waals surface area contributed by atoms with Crippen LogP contribution in [0.2, 0.25) is 0 Å². The van der Waals surface area contributed by atoms with Gasteiger partial charge in [-0.1, -0.05) is 6.07 Å². The third kappa shape index (κ3) is 3.94. The smallest absolute Gasteiger partial charge is 0.328 e. The van der Waals surface area contributed by atoms with Crippen molar-refractivity contribution < 1.29 is 23.8 Å². The van der Waals surface area contributed by atoms with E-state index in [0.717, 1.165) is 18.4 Å². The number of hydrogen-bond donors (Lipinski definition) is 0. The molecule has 1 saturated heterocycles. The molecule has 2 rings (SSSR count). The zero-order valence-electron chi connectivity index (χ0n) is 13.8. The van der Waals surface area contributed by atoms with E-state index in [1.165, 1.54) is 7.11 Å². The van der Waals surface area contributed by atoms with Gasteiger partial charge in [-0.15, -0.1) is 0 Å². The van der Waals surface area contributed by atoms with Gasteiger partial charge in [0.2, 0.25) is 5.91 Å². The molecule has 6 heteroatoms. The Balaban J connectivity index is 2.12. The molecule has 0 bridgehead atoms. The van der Waals surface area contributed by atoms with E-state index in [1.807, 2.05) is 6.07 Å². The normalized spacial score (nSPS) is 17.5. The largest absolute Gasteiger partial charge is 0.493 e. The summed E-state index contributed by atoms with van der Waals surface area (Å²) in [5, 5.41) is 0. The standard InChI is InChI=1S/C17H23NO5/c1-21-14-8-7-12(10-15(14)22-2)11-16(19)18-9-5-4-6-13(18)17(20)23-3/h7-8,10,13H,4-6,9,11H2,1-3H3. The van der Waals surface area contributed by atoms with Crippen LogP contribution in [0.1, 0.15) is 24.8 Å². The fraction of sp³-hybridized carbons (Fsp3) is 0.529. The van der Waals surface area contributed by atoms with Crippen LogP contribution in [-0.2, 0) is 20.7 Å². The summed E-state index contributed by atoms with van der Waals surface area (Å²) in [6.45, 7) is 0.589. The van der Waals surface area contributed by atoms with Crippen LogP contribution in [0.25, 0.3) is 0 Å². The Bertz CT molecular complexity index is 572. The van der Waals surface area contributed by atoms with Gasteiger partial charge in [-0.3, -0.25) is 4.79 Å². The maximum absolute atomic E-state index is 12.6. The van der Waals surface area contributed by atoms with Crippen molar-refractivity contribution in [3.8, 4) is 11.5 Å². The lowest BCUT2D eigenvalue weighted by Gasteiger charge is -2.33. The van der Waals surface area contributed by atoms with Crippen LogP contribution in [0.3, 0.4) is 0 Å². The number of carbonyl (C=O) groups excluding carboxylic acids is 2. The number of benzene rings is 1. The second kappa shape index (κ2) is 7.85. The maximum Gasteiger partial charge on any atom is 0.328 e. The van der Waals surface area contributed by atoms with Crippen molar-refractivity contribution in [2.45, 2.75) is 31.7 Å². The number of amides is 1. The molecule has 0 aliphatic carbocycles. The summed E-state index contributed by atoms with van der Waals surface area (Å²) in [5.41, 5.74) is 0.821. The molecule has 1 atom stereocenters. The molecule has 1 fully saturated rings. The first-order valence-corrected chi connectivity index (χ1v) is 7.69. The number of nitrogens with zero attached hydrogens (tertiary/aromatic N) is 1. The lowest BCUT2D eigenvalue weighted by Crippen LogP contribution is -2.49. The highest BCUT2D eigenvalue weighted by Crippen LogP contribution is 2.28. The van der Waals surface area contributed by atoms with Gasteiger partial charge in [0.05, 0.1) is 27.8 Å². The van der Waals surface area contributed by atoms with Crippen molar-refractivity contribution in [2.75, 3.05) is 27.9 Å². The van der Waals surface area contributed by atoms with Crippen LogP contribution in [0.5, 0.6) is 11.5 Å². The minimum atomic E-state index is -0.471. The molecule has 1 aliphatic rings. The molecule has 1 aliphatic heterocycles. The minimum Gasteiger partial charge on any atom is -0.493 e.